The largest absolute Gasteiger partial charge is 0.394 e. The van der Waals surface area contributed by atoms with Crippen LogP contribution in [0.3, 0.4) is 0 Å². The molecule has 2 rings (SSSR count). The first kappa shape index (κ1) is 92.2. The fourth-order valence-corrected chi connectivity index (χ4v) is 12.5. The summed E-state index contributed by atoms with van der Waals surface area (Å²) in [5.41, 5.74) is 0. The minimum Gasteiger partial charge on any atom is -0.394 e. The third-order valence-electron chi connectivity index (χ3n) is 18.8. The van der Waals surface area contributed by atoms with Crippen molar-refractivity contribution in [3.05, 3.63) is 134 Å². The lowest BCUT2D eigenvalue weighted by Gasteiger charge is -2.46. The minimum atomic E-state index is -1.80. The second-order valence-corrected chi connectivity index (χ2v) is 27.8. The number of amides is 1. The van der Waals surface area contributed by atoms with E-state index in [0.29, 0.717) is 6.42 Å². The molecule has 2 heterocycles. The molecule has 1 amide bonds. The molecule has 12 atom stereocenters. The maximum Gasteiger partial charge on any atom is 0.220 e. The van der Waals surface area contributed by atoms with E-state index in [2.05, 4.69) is 141 Å². The van der Waals surface area contributed by atoms with Crippen LogP contribution in [0.15, 0.2) is 134 Å². The molecule has 0 aromatic carbocycles. The van der Waals surface area contributed by atoms with Crippen LogP contribution in [0.25, 0.3) is 0 Å². The second-order valence-electron chi connectivity index (χ2n) is 27.8. The van der Waals surface area contributed by atoms with Crippen molar-refractivity contribution in [2.75, 3.05) is 19.8 Å². The van der Waals surface area contributed by atoms with Crippen molar-refractivity contribution < 1.29 is 64.6 Å². The maximum atomic E-state index is 13.4. The Hall–Kier alpha value is -3.87. The van der Waals surface area contributed by atoms with Crippen LogP contribution in [0.2, 0.25) is 0 Å². The van der Waals surface area contributed by atoms with Crippen LogP contribution in [0.4, 0.5) is 0 Å². The van der Waals surface area contributed by atoms with E-state index >= 15 is 0 Å². The summed E-state index contributed by atoms with van der Waals surface area (Å²) in [6, 6.07) is -0.951. The molecule has 574 valence electrons. The van der Waals surface area contributed by atoms with Gasteiger partial charge in [0.25, 0.3) is 0 Å². The Morgan fingerprint density at radius 3 is 1.06 bits per heavy atom. The van der Waals surface area contributed by atoms with E-state index in [-0.39, 0.29) is 18.9 Å². The Kier molecular flexibility index (Phi) is 62.9. The van der Waals surface area contributed by atoms with Crippen LogP contribution in [0, 0.1) is 0 Å². The average molecular weight is 1400 g/mol. The molecule has 2 saturated heterocycles. The zero-order chi connectivity index (χ0) is 72.2. The van der Waals surface area contributed by atoms with Gasteiger partial charge in [0.1, 0.15) is 48.8 Å². The lowest BCUT2D eigenvalue weighted by molar-refractivity contribution is -0.359. The summed E-state index contributed by atoms with van der Waals surface area (Å²) >= 11 is 0. The predicted molar refractivity (Wildman–Crippen MR) is 415 cm³/mol. The van der Waals surface area contributed by atoms with Gasteiger partial charge in [-0.05, 0) is 96.3 Å². The van der Waals surface area contributed by atoms with Crippen LogP contribution in [-0.4, -0.2) is 140 Å². The van der Waals surface area contributed by atoms with Crippen LogP contribution < -0.4 is 5.32 Å². The molecule has 0 aromatic rings. The monoisotopic (exact) mass is 1400 g/mol. The van der Waals surface area contributed by atoms with Gasteiger partial charge in [0.2, 0.25) is 5.91 Å². The van der Waals surface area contributed by atoms with Gasteiger partial charge in [-0.25, -0.2) is 0 Å². The quantitative estimate of drug-likeness (QED) is 0.0204. The lowest BCUT2D eigenvalue weighted by atomic mass is 9.97. The fourth-order valence-electron chi connectivity index (χ4n) is 12.5. The Bertz CT molecular complexity index is 2200. The number of carbonyl (C=O) groups excluding carboxylic acids is 1. The van der Waals surface area contributed by atoms with Crippen molar-refractivity contribution in [2.24, 2.45) is 0 Å². The third kappa shape index (κ3) is 50.5. The number of unbranched alkanes of at least 4 members (excludes halogenated alkanes) is 33. The van der Waals surface area contributed by atoms with Crippen LogP contribution >= 0.6 is 0 Å². The Morgan fingerprint density at radius 1 is 0.370 bits per heavy atom. The highest BCUT2D eigenvalue weighted by atomic mass is 16.7. The SMILES string of the molecule is CC/C=C\C/C=C\C/C=C\C/C=C\C/C=C\C/C=C\C/C=C\C/C=C\C/C=C\C/C=C\CCCCC(=O)NC(COC1OC(CO)C(OC2OC(CO)C(O)C(O)C2O)C(O)C1O)C(O)/C=C/CCCCCCCCCCCCCCCCCCCCCCCCCCCCCCCCC. The fraction of sp³-hybridized carbons (Fsp3) is 0.733. The second kappa shape index (κ2) is 68.3. The molecule has 12 unspecified atom stereocenters. The molecule has 0 radical (unpaired) electrons. The van der Waals surface area contributed by atoms with Crippen molar-refractivity contribution in [2.45, 2.75) is 383 Å². The van der Waals surface area contributed by atoms with E-state index < -0.39 is 86.8 Å². The molecule has 14 nitrogen and oxygen atoms in total. The van der Waals surface area contributed by atoms with Crippen molar-refractivity contribution >= 4 is 5.91 Å². The number of nitrogens with one attached hydrogen (secondary N) is 1. The van der Waals surface area contributed by atoms with Gasteiger partial charge in [0.15, 0.2) is 12.6 Å². The first-order valence-corrected chi connectivity index (χ1v) is 40.4. The summed E-state index contributed by atoms with van der Waals surface area (Å²) in [5.74, 6) is -0.283. The number of hydrogen-bond donors (Lipinski definition) is 9. The zero-order valence-electron chi connectivity index (χ0n) is 62.9. The predicted octanol–water partition coefficient (Wildman–Crippen LogP) is 18.6. The van der Waals surface area contributed by atoms with Crippen molar-refractivity contribution in [3.63, 3.8) is 0 Å². The van der Waals surface area contributed by atoms with Crippen LogP contribution in [-0.2, 0) is 23.7 Å². The smallest absolute Gasteiger partial charge is 0.220 e. The van der Waals surface area contributed by atoms with Gasteiger partial charge in [0.05, 0.1) is 32.0 Å². The molecule has 0 aromatic heterocycles. The molecule has 0 aliphatic carbocycles. The molecule has 9 N–H and O–H groups in total. The summed E-state index contributed by atoms with van der Waals surface area (Å²) in [6.07, 6.45) is 85.3. The third-order valence-corrected chi connectivity index (χ3v) is 18.8. The van der Waals surface area contributed by atoms with Crippen LogP contribution in [0.5, 0.6) is 0 Å². The number of hydrogen-bond acceptors (Lipinski definition) is 13. The van der Waals surface area contributed by atoms with Crippen LogP contribution in [0.1, 0.15) is 309 Å². The Labute approximate surface area is 609 Å². The van der Waals surface area contributed by atoms with Crippen molar-refractivity contribution in [3.8, 4) is 0 Å². The van der Waals surface area contributed by atoms with Gasteiger partial charge >= 0.3 is 0 Å². The highest BCUT2D eigenvalue weighted by Gasteiger charge is 2.51. The minimum absolute atomic E-state index is 0.217. The molecule has 2 fully saturated rings. The van der Waals surface area contributed by atoms with E-state index in [1.807, 2.05) is 6.08 Å². The topological polar surface area (TPSA) is 228 Å². The van der Waals surface area contributed by atoms with Gasteiger partial charge in [-0.2, -0.15) is 0 Å². The number of rotatable bonds is 66. The van der Waals surface area contributed by atoms with Gasteiger partial charge in [-0.3, -0.25) is 4.79 Å². The number of aliphatic hydroxyl groups excluding tert-OH is 8. The zero-order valence-corrected chi connectivity index (χ0v) is 62.9. The van der Waals surface area contributed by atoms with Gasteiger partial charge in [-0.1, -0.05) is 340 Å². The summed E-state index contributed by atoms with van der Waals surface area (Å²) in [7, 11) is 0. The first-order valence-electron chi connectivity index (χ1n) is 40.4. The standard InChI is InChI=1S/C86H147NO13/c1-3-5-7-9-11-13-15-17-19-21-23-25-27-29-31-33-35-37-39-41-43-45-47-49-51-53-55-57-59-61-63-65-67-69-75(90)74(73-97-85-83(96)81(94)84(77(72-89)99-85)100-86-82(95)80(93)79(92)76(71-88)98-86)87-78(91)70-68-66-64-62-60-58-56-54-52-50-48-46-44-42-40-38-36-34-32-30-28-26-24-22-20-18-16-14-12-10-8-6-4-2/h6,8,12,14,18,20,24,26,30,32,36,38,42,44,48,50,54,56,60,62,67,69,74-77,79-86,88-90,92-96H,3-5,7,9-11,13,15-17,19,21-23,25,27-29,31,33-35,37,39-41,43,45-47,49,51-53,55,57-59,61,63-66,68,70-73H2,1-2H3,(H,87,91)/b8-6-,14-12-,20-18-,26-24-,32-30-,38-36-,44-42-,50-48-,56-54-,62-60-,69-67+. The molecular formula is C86H147NO13. The average Bonchev–Trinajstić information content (AvgIpc) is 0.791. The molecule has 0 saturated carbocycles. The highest BCUT2D eigenvalue weighted by Crippen LogP contribution is 2.30. The van der Waals surface area contributed by atoms with E-state index in [1.165, 1.54) is 186 Å². The molecule has 14 heteroatoms. The summed E-state index contributed by atoms with van der Waals surface area (Å²) in [6.45, 7) is 2.68. The van der Waals surface area contributed by atoms with E-state index in [9.17, 15) is 45.6 Å². The lowest BCUT2D eigenvalue weighted by Crippen LogP contribution is -2.65. The van der Waals surface area contributed by atoms with Gasteiger partial charge in [-0.15, -0.1) is 0 Å². The Morgan fingerprint density at radius 2 is 0.690 bits per heavy atom. The normalized spacial score (nSPS) is 22.6. The number of allylic oxidation sites excluding steroid dienone is 21. The van der Waals surface area contributed by atoms with Crippen molar-refractivity contribution in [1.82, 2.24) is 5.32 Å². The van der Waals surface area contributed by atoms with E-state index in [0.717, 1.165) is 96.3 Å². The van der Waals surface area contributed by atoms with E-state index in [1.54, 1.807) is 6.08 Å². The van der Waals surface area contributed by atoms with Gasteiger partial charge in [0, 0.05) is 6.42 Å². The summed E-state index contributed by atoms with van der Waals surface area (Å²) in [5, 5.41) is 87.7. The summed E-state index contributed by atoms with van der Waals surface area (Å²) in [4.78, 5) is 13.4. The van der Waals surface area contributed by atoms with E-state index in [4.69, 9.17) is 18.9 Å². The number of carbonyl (C=O) groups is 1. The molecule has 0 bridgehead atoms. The molecular weight excluding hydrogens is 1250 g/mol. The van der Waals surface area contributed by atoms with Crippen molar-refractivity contribution in [1.29, 1.82) is 0 Å². The number of aliphatic hydroxyl groups is 8. The highest BCUT2D eigenvalue weighted by molar-refractivity contribution is 5.76. The molecule has 100 heavy (non-hydrogen) atoms. The number of ether oxygens (including phenoxy) is 4. The summed E-state index contributed by atoms with van der Waals surface area (Å²) < 4.78 is 22.9. The molecule has 2 aliphatic heterocycles. The first-order chi connectivity index (χ1) is 49.1. The Balaban J connectivity index is 1.66. The molecule has 2 aliphatic rings. The van der Waals surface area contributed by atoms with Gasteiger partial charge < -0.3 is 65.1 Å². The maximum absolute atomic E-state index is 13.4. The molecule has 0 spiro atoms.